The van der Waals surface area contributed by atoms with Gasteiger partial charge in [-0.05, 0) is 37.0 Å². The lowest BCUT2D eigenvalue weighted by Crippen LogP contribution is -1.93. The maximum Gasteiger partial charge on any atom is 0.193 e. The molecule has 0 aromatic heterocycles. The fraction of sp³-hybridized carbons (Fsp3) is 0.235. The van der Waals surface area contributed by atoms with E-state index < -0.39 is 0 Å². The molecule has 0 heterocycles. The van der Waals surface area contributed by atoms with Crippen molar-refractivity contribution in [3.63, 3.8) is 0 Å². The zero-order valence-electron chi connectivity index (χ0n) is 10.9. The molecule has 2 aromatic carbocycles. The summed E-state index contributed by atoms with van der Waals surface area (Å²) in [5, 5.41) is 0.263. The molecule has 0 amide bonds. The van der Waals surface area contributed by atoms with Crippen LogP contribution in [0.15, 0.2) is 65.6 Å². The predicted octanol–water partition coefficient (Wildman–Crippen LogP) is 4.72. The lowest BCUT2D eigenvalue weighted by molar-refractivity contribution is -0.111. The summed E-state index contributed by atoms with van der Waals surface area (Å²) >= 11 is 1.35. The number of unbranched alkanes of at least 4 members (excludes halogenated alkanes) is 1. The predicted molar refractivity (Wildman–Crippen MR) is 81.3 cm³/mol. The van der Waals surface area contributed by atoms with Gasteiger partial charge in [0.15, 0.2) is 5.12 Å². The molecule has 0 aliphatic heterocycles. The van der Waals surface area contributed by atoms with Gasteiger partial charge in [-0.25, -0.2) is 0 Å². The molecule has 2 heteroatoms. The molecule has 0 spiro atoms. The summed E-state index contributed by atoms with van der Waals surface area (Å²) in [4.78, 5) is 12.8. The first-order valence-corrected chi connectivity index (χ1v) is 7.46. The molecule has 0 saturated carbocycles. The number of carbonyl (C=O) groups excluding carboxylic acids is 1. The quantitative estimate of drug-likeness (QED) is 0.558. The summed E-state index contributed by atoms with van der Waals surface area (Å²) in [5.41, 5.74) is 1.35. The van der Waals surface area contributed by atoms with Crippen molar-refractivity contribution in [2.75, 3.05) is 0 Å². The van der Waals surface area contributed by atoms with Crippen LogP contribution >= 0.6 is 11.8 Å². The van der Waals surface area contributed by atoms with Crippen molar-refractivity contribution in [3.8, 4) is 0 Å². The van der Waals surface area contributed by atoms with Crippen LogP contribution in [0.5, 0.6) is 0 Å². The van der Waals surface area contributed by atoms with E-state index in [-0.39, 0.29) is 5.12 Å². The van der Waals surface area contributed by atoms with Gasteiger partial charge in [-0.15, -0.1) is 0 Å². The van der Waals surface area contributed by atoms with E-state index in [9.17, 15) is 4.79 Å². The van der Waals surface area contributed by atoms with Gasteiger partial charge in [0.2, 0.25) is 0 Å². The van der Waals surface area contributed by atoms with Gasteiger partial charge < -0.3 is 0 Å². The van der Waals surface area contributed by atoms with Gasteiger partial charge in [0.05, 0.1) is 0 Å². The average Bonchev–Trinajstić information content (AvgIpc) is 2.46. The first-order chi connectivity index (χ1) is 9.34. The van der Waals surface area contributed by atoms with E-state index in [1.807, 2.05) is 36.4 Å². The summed E-state index contributed by atoms with van der Waals surface area (Å²) in [6, 6.07) is 20.3. The Morgan fingerprint density at radius 2 is 1.47 bits per heavy atom. The Hall–Kier alpha value is -1.54. The smallest absolute Gasteiger partial charge is 0.193 e. The van der Waals surface area contributed by atoms with Crippen molar-refractivity contribution in [1.29, 1.82) is 0 Å². The zero-order valence-corrected chi connectivity index (χ0v) is 11.7. The van der Waals surface area contributed by atoms with Crippen LogP contribution in [-0.2, 0) is 11.2 Å². The average molecular weight is 270 g/mol. The number of rotatable bonds is 6. The fourth-order valence-electron chi connectivity index (χ4n) is 1.91. The standard InChI is InChI=1S/C17H18OS/c18-17(19-16-12-5-2-6-13-16)14-8-7-11-15-9-3-1-4-10-15/h1-6,9-10,12-13H,7-8,11,14H2. The molecule has 0 saturated heterocycles. The van der Waals surface area contributed by atoms with Crippen molar-refractivity contribution in [2.24, 2.45) is 0 Å². The Morgan fingerprint density at radius 3 is 2.16 bits per heavy atom. The number of benzene rings is 2. The molecule has 19 heavy (non-hydrogen) atoms. The minimum atomic E-state index is 0.263. The van der Waals surface area contributed by atoms with E-state index in [2.05, 4.69) is 24.3 Å². The molecule has 0 radical (unpaired) electrons. The third kappa shape index (κ3) is 5.31. The topological polar surface area (TPSA) is 17.1 Å². The zero-order chi connectivity index (χ0) is 13.3. The largest absolute Gasteiger partial charge is 0.287 e. The van der Waals surface area contributed by atoms with Crippen LogP contribution in [0.2, 0.25) is 0 Å². The van der Waals surface area contributed by atoms with Crippen molar-refractivity contribution in [2.45, 2.75) is 30.6 Å². The fourth-order valence-corrected chi connectivity index (χ4v) is 2.72. The molecule has 0 unspecified atom stereocenters. The van der Waals surface area contributed by atoms with Gasteiger partial charge in [-0.3, -0.25) is 4.79 Å². The molecule has 2 rings (SSSR count). The maximum absolute atomic E-state index is 11.8. The van der Waals surface area contributed by atoms with E-state index in [0.29, 0.717) is 6.42 Å². The van der Waals surface area contributed by atoms with Crippen LogP contribution in [0.1, 0.15) is 24.8 Å². The molecule has 0 aliphatic carbocycles. The summed E-state index contributed by atoms with van der Waals surface area (Å²) in [5.74, 6) is 0. The summed E-state index contributed by atoms with van der Waals surface area (Å²) in [7, 11) is 0. The van der Waals surface area contributed by atoms with Crippen LogP contribution in [0.3, 0.4) is 0 Å². The Bertz CT molecular complexity index is 493. The Balaban J connectivity index is 1.65. The number of thioether (sulfide) groups is 1. The highest BCUT2D eigenvalue weighted by molar-refractivity contribution is 8.13. The third-order valence-electron chi connectivity index (χ3n) is 2.91. The second-order valence-corrected chi connectivity index (χ2v) is 5.61. The number of hydrogen-bond acceptors (Lipinski definition) is 2. The second-order valence-electron chi connectivity index (χ2n) is 4.48. The van der Waals surface area contributed by atoms with Crippen molar-refractivity contribution in [1.82, 2.24) is 0 Å². The Labute approximate surface area is 119 Å². The lowest BCUT2D eigenvalue weighted by Gasteiger charge is -2.02. The highest BCUT2D eigenvalue weighted by atomic mass is 32.2. The Morgan fingerprint density at radius 1 is 0.842 bits per heavy atom. The van der Waals surface area contributed by atoms with Crippen LogP contribution in [-0.4, -0.2) is 5.12 Å². The summed E-state index contributed by atoms with van der Waals surface area (Å²) in [6.07, 6.45) is 3.76. The molecule has 0 bridgehead atoms. The summed E-state index contributed by atoms with van der Waals surface area (Å²) in [6.45, 7) is 0. The van der Waals surface area contributed by atoms with E-state index in [4.69, 9.17) is 0 Å². The van der Waals surface area contributed by atoms with Gasteiger partial charge in [-0.2, -0.15) is 0 Å². The van der Waals surface area contributed by atoms with Gasteiger partial charge in [0.1, 0.15) is 0 Å². The minimum Gasteiger partial charge on any atom is -0.287 e. The molecular formula is C17H18OS. The highest BCUT2D eigenvalue weighted by Crippen LogP contribution is 2.20. The molecule has 2 aromatic rings. The number of aryl methyl sites for hydroxylation is 1. The van der Waals surface area contributed by atoms with E-state index in [0.717, 1.165) is 24.2 Å². The van der Waals surface area contributed by atoms with Crippen molar-refractivity contribution >= 4 is 16.9 Å². The van der Waals surface area contributed by atoms with Crippen LogP contribution in [0.4, 0.5) is 0 Å². The van der Waals surface area contributed by atoms with Gasteiger partial charge in [0.25, 0.3) is 0 Å². The monoisotopic (exact) mass is 270 g/mol. The van der Waals surface area contributed by atoms with E-state index in [1.54, 1.807) is 0 Å². The molecule has 0 N–H and O–H groups in total. The molecule has 0 atom stereocenters. The first-order valence-electron chi connectivity index (χ1n) is 6.64. The molecule has 0 aliphatic rings. The van der Waals surface area contributed by atoms with Crippen molar-refractivity contribution < 1.29 is 4.79 Å². The van der Waals surface area contributed by atoms with Crippen LogP contribution < -0.4 is 0 Å². The van der Waals surface area contributed by atoms with Gasteiger partial charge >= 0.3 is 0 Å². The SMILES string of the molecule is O=C(CCCCc1ccccc1)Sc1ccccc1. The second kappa shape index (κ2) is 7.80. The minimum absolute atomic E-state index is 0.263. The highest BCUT2D eigenvalue weighted by Gasteiger charge is 2.04. The van der Waals surface area contributed by atoms with Gasteiger partial charge in [-0.1, -0.05) is 60.3 Å². The lowest BCUT2D eigenvalue weighted by atomic mass is 10.1. The van der Waals surface area contributed by atoms with Crippen LogP contribution in [0, 0.1) is 0 Å². The summed E-state index contributed by atoms with van der Waals surface area (Å²) < 4.78 is 0. The normalized spacial score (nSPS) is 10.3. The van der Waals surface area contributed by atoms with Crippen LogP contribution in [0.25, 0.3) is 0 Å². The van der Waals surface area contributed by atoms with E-state index >= 15 is 0 Å². The first kappa shape index (κ1) is 13.9. The third-order valence-corrected chi connectivity index (χ3v) is 3.85. The van der Waals surface area contributed by atoms with Crippen molar-refractivity contribution in [3.05, 3.63) is 66.2 Å². The molecule has 0 fully saturated rings. The molecular weight excluding hydrogens is 252 g/mol. The Kier molecular flexibility index (Phi) is 5.70. The van der Waals surface area contributed by atoms with E-state index in [1.165, 1.54) is 17.3 Å². The maximum atomic E-state index is 11.8. The molecule has 98 valence electrons. The molecule has 1 nitrogen and oxygen atoms in total. The van der Waals surface area contributed by atoms with Gasteiger partial charge in [0, 0.05) is 11.3 Å². The number of carbonyl (C=O) groups is 1. The number of hydrogen-bond donors (Lipinski definition) is 0.